The predicted molar refractivity (Wildman–Crippen MR) is 148 cm³/mol. The summed E-state index contributed by atoms with van der Waals surface area (Å²) in [5, 5.41) is 1.13. The lowest BCUT2D eigenvalue weighted by atomic mass is 9.90. The van der Waals surface area contributed by atoms with Crippen molar-refractivity contribution in [2.24, 2.45) is 0 Å². The van der Waals surface area contributed by atoms with Crippen LogP contribution in [0.2, 0.25) is 0 Å². The molecule has 218 valence electrons. The summed E-state index contributed by atoms with van der Waals surface area (Å²) in [4.78, 5) is 21.2. The van der Waals surface area contributed by atoms with E-state index in [9.17, 15) is 13.6 Å². The number of carbonyl (C=O) groups excluding carboxylic acids is 1. The number of nitrogens with zero attached hydrogens (tertiary/aromatic N) is 2. The molecule has 0 amide bonds. The van der Waals surface area contributed by atoms with E-state index < -0.39 is 12.5 Å². The van der Waals surface area contributed by atoms with Crippen molar-refractivity contribution in [2.45, 2.75) is 58.0 Å². The van der Waals surface area contributed by atoms with Crippen LogP contribution in [0.3, 0.4) is 0 Å². The van der Waals surface area contributed by atoms with Crippen molar-refractivity contribution >= 4 is 16.9 Å². The molecule has 1 aliphatic rings. The van der Waals surface area contributed by atoms with Crippen LogP contribution in [0.1, 0.15) is 56.1 Å². The Morgan fingerprint density at radius 1 is 1.07 bits per heavy atom. The normalized spacial score (nSPS) is 17.3. The highest BCUT2D eigenvalue weighted by atomic mass is 19.3. The smallest absolute Gasteiger partial charge is 0.332 e. The van der Waals surface area contributed by atoms with Crippen LogP contribution in [0.4, 0.5) is 8.78 Å². The van der Waals surface area contributed by atoms with E-state index in [0.717, 1.165) is 35.9 Å². The highest BCUT2D eigenvalue weighted by molar-refractivity contribution is 5.85. The lowest BCUT2D eigenvalue weighted by Gasteiger charge is -2.40. The number of rotatable bonds is 16. The predicted octanol–water partition coefficient (Wildman–Crippen LogP) is 5.31. The van der Waals surface area contributed by atoms with Gasteiger partial charge in [0.2, 0.25) is 0 Å². The van der Waals surface area contributed by atoms with Crippen LogP contribution in [0.15, 0.2) is 42.6 Å². The number of hydrogen-bond acceptors (Lipinski definition) is 7. The third kappa shape index (κ3) is 7.99. The summed E-state index contributed by atoms with van der Waals surface area (Å²) in [6.07, 6.45) is 2.59. The van der Waals surface area contributed by atoms with Crippen LogP contribution in [0, 0.1) is 0 Å². The zero-order valence-electron chi connectivity index (χ0n) is 23.2. The maximum Gasteiger partial charge on any atom is 0.332 e. The van der Waals surface area contributed by atoms with Gasteiger partial charge in [0.25, 0.3) is 6.43 Å². The van der Waals surface area contributed by atoms with E-state index in [0.29, 0.717) is 50.9 Å². The van der Waals surface area contributed by atoms with E-state index in [2.05, 4.69) is 16.0 Å². The molecular weight excluding hydrogens is 520 g/mol. The summed E-state index contributed by atoms with van der Waals surface area (Å²) in [6, 6.07) is 11.3. The Bertz CT molecular complexity index is 1200. The lowest BCUT2D eigenvalue weighted by Crippen LogP contribution is -2.45. The summed E-state index contributed by atoms with van der Waals surface area (Å²) < 4.78 is 48.6. The number of hydrogen-bond donors (Lipinski definition) is 1. The average Bonchev–Trinajstić information content (AvgIpc) is 3.30. The summed E-state index contributed by atoms with van der Waals surface area (Å²) in [5.74, 6) is 0.267. The van der Waals surface area contributed by atoms with Crippen molar-refractivity contribution in [1.82, 2.24) is 14.9 Å². The monoisotopic (exact) mass is 559 g/mol. The highest BCUT2D eigenvalue weighted by Crippen LogP contribution is 2.40. The molecular formula is C30H39F2N3O5. The Kier molecular flexibility index (Phi) is 11.3. The number of halogens is 2. The number of unbranched alkanes of at least 4 members (excludes halogenated alkanes) is 2. The minimum Gasteiger partial charge on any atom is -0.490 e. The Balaban J connectivity index is 1.24. The number of benzene rings is 1. The van der Waals surface area contributed by atoms with E-state index in [1.807, 2.05) is 42.2 Å². The van der Waals surface area contributed by atoms with Gasteiger partial charge in [-0.15, -0.1) is 0 Å². The van der Waals surface area contributed by atoms with Crippen molar-refractivity contribution in [3.8, 4) is 5.75 Å². The highest BCUT2D eigenvalue weighted by Gasteiger charge is 2.37. The molecule has 1 aliphatic heterocycles. The van der Waals surface area contributed by atoms with E-state index in [4.69, 9.17) is 18.9 Å². The van der Waals surface area contributed by atoms with Crippen molar-refractivity contribution < 1.29 is 32.5 Å². The van der Waals surface area contributed by atoms with Crippen LogP contribution in [0.5, 0.6) is 5.75 Å². The average molecular weight is 560 g/mol. The number of carbonyl (C=O) groups is 1. The Hall–Kier alpha value is -3.08. The van der Waals surface area contributed by atoms with Gasteiger partial charge in [-0.05, 0) is 63.3 Å². The SMILES string of the molecule is CCOC(=O)COCCCCCOCCOc1ccc([C@@H]2c3[nH]c4ccccc4c3C[C@@H](C)N2CC(F)F)nc1. The van der Waals surface area contributed by atoms with E-state index in [1.54, 1.807) is 13.1 Å². The fourth-order valence-corrected chi connectivity index (χ4v) is 5.17. The second-order valence-corrected chi connectivity index (χ2v) is 9.90. The molecule has 3 heterocycles. The molecule has 10 heteroatoms. The van der Waals surface area contributed by atoms with Gasteiger partial charge in [0.15, 0.2) is 0 Å². The summed E-state index contributed by atoms with van der Waals surface area (Å²) >= 11 is 0. The van der Waals surface area contributed by atoms with Crippen molar-refractivity contribution in [3.05, 3.63) is 59.5 Å². The standard InChI is InChI=1S/C30H39F2N3O5/c1-3-39-28(36)20-38-14-8-4-7-13-37-15-16-40-22-11-12-26(33-18-22)30-29-24(17-21(2)35(30)19-27(31)32)23-9-5-6-10-25(23)34-29/h5-6,9-12,18,21,27,30,34H,3-4,7-8,13-17,19-20H2,1-2H3/t21-,30-/m1/s1. The quantitative estimate of drug-likeness (QED) is 0.188. The molecule has 2 aromatic heterocycles. The number of H-pyrrole nitrogens is 1. The van der Waals surface area contributed by atoms with E-state index >= 15 is 0 Å². The first-order valence-electron chi connectivity index (χ1n) is 14.0. The molecule has 4 rings (SSSR count). The number of aromatic amines is 1. The Labute approximate surface area is 234 Å². The molecule has 0 spiro atoms. The van der Waals surface area contributed by atoms with Crippen LogP contribution < -0.4 is 4.74 Å². The van der Waals surface area contributed by atoms with E-state index in [-0.39, 0.29) is 25.2 Å². The first-order valence-corrected chi connectivity index (χ1v) is 14.0. The molecule has 1 aromatic carbocycles. The number of esters is 1. The molecule has 3 aromatic rings. The second kappa shape index (κ2) is 15.1. The molecule has 0 saturated heterocycles. The molecule has 8 nitrogen and oxygen atoms in total. The molecule has 0 saturated carbocycles. The largest absolute Gasteiger partial charge is 0.490 e. The Morgan fingerprint density at radius 2 is 1.88 bits per heavy atom. The third-order valence-corrected chi connectivity index (χ3v) is 7.00. The van der Waals surface area contributed by atoms with E-state index in [1.165, 1.54) is 5.56 Å². The van der Waals surface area contributed by atoms with Gasteiger partial charge >= 0.3 is 5.97 Å². The van der Waals surface area contributed by atoms with Crippen molar-refractivity contribution in [3.63, 3.8) is 0 Å². The minimum atomic E-state index is -2.44. The first-order chi connectivity index (χ1) is 19.5. The number of para-hydroxylation sites is 1. The third-order valence-electron chi connectivity index (χ3n) is 7.00. The number of aromatic nitrogens is 2. The molecule has 0 bridgehead atoms. The molecule has 40 heavy (non-hydrogen) atoms. The van der Waals surface area contributed by atoms with Crippen LogP contribution in [-0.4, -0.2) is 79.5 Å². The molecule has 0 unspecified atom stereocenters. The zero-order chi connectivity index (χ0) is 28.3. The minimum absolute atomic E-state index is 0.00465. The van der Waals surface area contributed by atoms with Crippen LogP contribution in [-0.2, 0) is 25.4 Å². The van der Waals surface area contributed by atoms with Crippen LogP contribution >= 0.6 is 0 Å². The summed E-state index contributed by atoms with van der Waals surface area (Å²) in [5.41, 5.74) is 3.81. The first kappa shape index (κ1) is 29.9. The fraction of sp³-hybridized carbons (Fsp3) is 0.533. The van der Waals surface area contributed by atoms with Gasteiger partial charge in [-0.2, -0.15) is 0 Å². The van der Waals surface area contributed by atoms with Crippen LogP contribution in [0.25, 0.3) is 10.9 Å². The van der Waals surface area contributed by atoms with Gasteiger partial charge < -0.3 is 23.9 Å². The van der Waals surface area contributed by atoms with Gasteiger partial charge in [0, 0.05) is 35.9 Å². The van der Waals surface area contributed by atoms with Crippen molar-refractivity contribution in [1.29, 1.82) is 0 Å². The zero-order valence-corrected chi connectivity index (χ0v) is 23.2. The van der Waals surface area contributed by atoms with Crippen molar-refractivity contribution in [2.75, 3.05) is 46.2 Å². The number of alkyl halides is 2. The molecule has 1 N–H and O–H groups in total. The second-order valence-electron chi connectivity index (χ2n) is 9.90. The molecule has 0 aliphatic carbocycles. The maximum absolute atomic E-state index is 13.6. The number of nitrogens with one attached hydrogen (secondary N) is 1. The topological polar surface area (TPSA) is 85.9 Å². The maximum atomic E-state index is 13.6. The molecule has 2 atom stereocenters. The summed E-state index contributed by atoms with van der Waals surface area (Å²) in [6.45, 7) is 5.76. The lowest BCUT2D eigenvalue weighted by molar-refractivity contribution is -0.148. The number of pyridine rings is 1. The summed E-state index contributed by atoms with van der Waals surface area (Å²) in [7, 11) is 0. The Morgan fingerprint density at radius 3 is 2.62 bits per heavy atom. The van der Waals surface area contributed by atoms with Gasteiger partial charge in [-0.25, -0.2) is 13.6 Å². The number of fused-ring (bicyclic) bond motifs is 3. The molecule has 0 radical (unpaired) electrons. The fourth-order valence-electron chi connectivity index (χ4n) is 5.17. The number of ether oxygens (including phenoxy) is 4. The van der Waals surface area contributed by atoms with Gasteiger partial charge in [-0.1, -0.05) is 18.2 Å². The van der Waals surface area contributed by atoms with Gasteiger partial charge in [-0.3, -0.25) is 9.88 Å². The molecule has 0 fully saturated rings. The van der Waals surface area contributed by atoms with Gasteiger partial charge in [0.05, 0.1) is 37.7 Å². The van der Waals surface area contributed by atoms with Gasteiger partial charge in [0.1, 0.15) is 19.0 Å².